The van der Waals surface area contributed by atoms with Crippen LogP contribution in [0.3, 0.4) is 0 Å². The van der Waals surface area contributed by atoms with Gasteiger partial charge in [0, 0.05) is 19.3 Å². The molecule has 2 heterocycles. The average molecular weight is 380 g/mol. The van der Waals surface area contributed by atoms with Crippen molar-refractivity contribution in [2.45, 2.75) is 51.4 Å². The largest absolute Gasteiger partial charge is 0.444 e. The van der Waals surface area contributed by atoms with Crippen molar-refractivity contribution in [2.75, 3.05) is 13.2 Å². The van der Waals surface area contributed by atoms with Crippen LogP contribution in [0.25, 0.3) is 11.0 Å². The molecule has 2 aromatic rings. The van der Waals surface area contributed by atoms with Gasteiger partial charge in [0.1, 0.15) is 11.1 Å². The van der Waals surface area contributed by atoms with E-state index in [1.165, 1.54) is 0 Å². The molecule has 0 unspecified atom stereocenters. The molecule has 1 saturated carbocycles. The van der Waals surface area contributed by atoms with Crippen molar-refractivity contribution < 1.29 is 14.3 Å². The molecule has 0 bridgehead atoms. The van der Waals surface area contributed by atoms with Crippen LogP contribution in [-0.2, 0) is 16.0 Å². The summed E-state index contributed by atoms with van der Waals surface area (Å²) in [5.74, 6) is 0. The normalized spacial score (nSPS) is 15.8. The first-order valence-electron chi connectivity index (χ1n) is 8.60. The zero-order valence-corrected chi connectivity index (χ0v) is 16.0. The van der Waals surface area contributed by atoms with Crippen molar-refractivity contribution in [1.29, 1.82) is 0 Å². The summed E-state index contributed by atoms with van der Waals surface area (Å²) in [6, 6.07) is 1.82. The fourth-order valence-corrected chi connectivity index (χ4v) is 3.02. The van der Waals surface area contributed by atoms with E-state index in [4.69, 9.17) is 21.7 Å². The second-order valence-corrected chi connectivity index (χ2v) is 7.92. The Balaban J connectivity index is 1.56. The van der Waals surface area contributed by atoms with E-state index in [0.717, 1.165) is 18.4 Å². The highest BCUT2D eigenvalue weighted by Crippen LogP contribution is 2.38. The molecule has 0 saturated heterocycles. The summed E-state index contributed by atoms with van der Waals surface area (Å²) < 4.78 is 13.4. The van der Waals surface area contributed by atoms with Gasteiger partial charge in [-0.2, -0.15) is 0 Å². The molecule has 8 nitrogen and oxygen atoms in total. The summed E-state index contributed by atoms with van der Waals surface area (Å²) >= 11 is 5.26. The van der Waals surface area contributed by atoms with Gasteiger partial charge in [-0.15, -0.1) is 0 Å². The number of rotatable bonds is 6. The minimum absolute atomic E-state index is 0.229. The monoisotopic (exact) mass is 380 g/mol. The van der Waals surface area contributed by atoms with E-state index < -0.39 is 11.7 Å². The minimum Gasteiger partial charge on any atom is -0.444 e. The fraction of sp³-hybridized carbons (Fsp3) is 0.588. The average Bonchev–Trinajstić information content (AvgIpc) is 3.11. The molecule has 0 spiro atoms. The number of hydrogen-bond acceptors (Lipinski definition) is 5. The highest BCUT2D eigenvalue weighted by Gasteiger charge is 2.44. The standard InChI is InChI=1S/C17H24N4O4S/c1-16(2,3)25-15(23)19-10-17(5-6-17)24-9-8-21-11-4-7-18-12(11)13(22)20-14(21)26/h4,7,18H,5-6,8-10H2,1-3H3,(H,19,23)(H,20,22,26). The number of ether oxygens (including phenoxy) is 2. The lowest BCUT2D eigenvalue weighted by Crippen LogP contribution is -2.39. The van der Waals surface area contributed by atoms with Gasteiger partial charge < -0.3 is 24.3 Å². The van der Waals surface area contributed by atoms with Crippen molar-refractivity contribution in [2.24, 2.45) is 0 Å². The molecule has 0 aromatic carbocycles. The number of amides is 1. The lowest BCUT2D eigenvalue weighted by atomic mass is 10.2. The Bertz CT molecular complexity index is 917. The van der Waals surface area contributed by atoms with Gasteiger partial charge in [0.15, 0.2) is 4.77 Å². The Labute approximate surface area is 155 Å². The molecule has 0 atom stereocenters. The van der Waals surface area contributed by atoms with Gasteiger partial charge in [0.05, 0.1) is 17.7 Å². The number of nitrogens with zero attached hydrogens (tertiary/aromatic N) is 1. The number of H-pyrrole nitrogens is 2. The molecule has 0 aliphatic heterocycles. The molecule has 26 heavy (non-hydrogen) atoms. The maximum atomic E-state index is 11.9. The predicted octanol–water partition coefficient (Wildman–Crippen LogP) is 2.46. The summed E-state index contributed by atoms with van der Waals surface area (Å²) in [7, 11) is 0. The fourth-order valence-electron chi connectivity index (χ4n) is 2.74. The predicted molar refractivity (Wildman–Crippen MR) is 99.9 cm³/mol. The van der Waals surface area contributed by atoms with Crippen LogP contribution in [-0.4, -0.2) is 45.0 Å². The summed E-state index contributed by atoms with van der Waals surface area (Å²) in [4.78, 5) is 29.2. The molecule has 142 valence electrons. The SMILES string of the molecule is CC(C)(C)OC(=O)NCC1(OCCn2c(=S)[nH]c(=O)c3[nH]ccc32)CC1. The Morgan fingerprint density at radius 3 is 2.81 bits per heavy atom. The number of alkyl carbamates (subject to hydrolysis) is 1. The maximum absolute atomic E-state index is 11.9. The lowest BCUT2D eigenvalue weighted by molar-refractivity contribution is 0.0191. The first kappa shape index (κ1) is 18.7. The molecule has 0 radical (unpaired) electrons. The van der Waals surface area contributed by atoms with Crippen LogP contribution in [0.5, 0.6) is 0 Å². The molecular formula is C17H24N4O4S. The number of nitrogens with one attached hydrogen (secondary N) is 3. The third-order valence-electron chi connectivity index (χ3n) is 4.19. The van der Waals surface area contributed by atoms with Crippen molar-refractivity contribution >= 4 is 29.3 Å². The van der Waals surface area contributed by atoms with Gasteiger partial charge in [-0.1, -0.05) is 0 Å². The highest BCUT2D eigenvalue weighted by atomic mass is 32.1. The topological polar surface area (TPSA) is 101 Å². The minimum atomic E-state index is -0.523. The molecule has 1 fully saturated rings. The van der Waals surface area contributed by atoms with Gasteiger partial charge in [-0.25, -0.2) is 4.79 Å². The Morgan fingerprint density at radius 2 is 2.15 bits per heavy atom. The smallest absolute Gasteiger partial charge is 0.407 e. The van der Waals surface area contributed by atoms with E-state index >= 15 is 0 Å². The molecule has 3 N–H and O–H groups in total. The van der Waals surface area contributed by atoms with E-state index in [0.29, 0.717) is 30.0 Å². The molecule has 2 aromatic heterocycles. The number of aromatic nitrogens is 3. The number of fused-ring (bicyclic) bond motifs is 1. The van der Waals surface area contributed by atoms with Crippen LogP contribution in [0, 0.1) is 4.77 Å². The van der Waals surface area contributed by atoms with Crippen molar-refractivity contribution in [3.8, 4) is 0 Å². The summed E-state index contributed by atoms with van der Waals surface area (Å²) in [6.07, 6.45) is 3.04. The van der Waals surface area contributed by atoms with Crippen molar-refractivity contribution in [3.63, 3.8) is 0 Å². The van der Waals surface area contributed by atoms with Crippen LogP contribution in [0.2, 0.25) is 0 Å². The van der Waals surface area contributed by atoms with Gasteiger partial charge in [-0.05, 0) is 51.9 Å². The Morgan fingerprint density at radius 1 is 1.42 bits per heavy atom. The van der Waals surface area contributed by atoms with Crippen LogP contribution >= 0.6 is 12.2 Å². The van der Waals surface area contributed by atoms with Gasteiger partial charge in [0.2, 0.25) is 0 Å². The number of carbonyl (C=O) groups is 1. The molecule has 9 heteroatoms. The van der Waals surface area contributed by atoms with Gasteiger partial charge >= 0.3 is 6.09 Å². The van der Waals surface area contributed by atoms with E-state index in [2.05, 4.69) is 15.3 Å². The zero-order valence-electron chi connectivity index (χ0n) is 15.2. The second kappa shape index (κ2) is 6.88. The van der Waals surface area contributed by atoms with Crippen LogP contribution in [0.1, 0.15) is 33.6 Å². The molecule has 1 aliphatic carbocycles. The first-order valence-corrected chi connectivity index (χ1v) is 9.01. The highest BCUT2D eigenvalue weighted by molar-refractivity contribution is 7.71. The van der Waals surface area contributed by atoms with E-state index in [-0.39, 0.29) is 11.2 Å². The second-order valence-electron chi connectivity index (χ2n) is 7.54. The first-order chi connectivity index (χ1) is 12.2. The van der Waals surface area contributed by atoms with Gasteiger partial charge in [0.25, 0.3) is 5.56 Å². The van der Waals surface area contributed by atoms with Gasteiger partial charge in [-0.3, -0.25) is 9.78 Å². The van der Waals surface area contributed by atoms with Crippen LogP contribution in [0.15, 0.2) is 17.1 Å². The summed E-state index contributed by atoms with van der Waals surface area (Å²) in [5.41, 5.74) is 0.154. The lowest BCUT2D eigenvalue weighted by Gasteiger charge is -2.22. The molecular weight excluding hydrogens is 356 g/mol. The van der Waals surface area contributed by atoms with E-state index in [9.17, 15) is 9.59 Å². The summed E-state index contributed by atoms with van der Waals surface area (Å²) in [6.45, 7) is 6.83. The third kappa shape index (κ3) is 4.34. The Hall–Kier alpha value is -2.13. The van der Waals surface area contributed by atoms with E-state index in [1.54, 1.807) is 6.20 Å². The van der Waals surface area contributed by atoms with E-state index in [1.807, 2.05) is 31.4 Å². The molecule has 3 rings (SSSR count). The Kier molecular flexibility index (Phi) is 4.94. The quantitative estimate of drug-likeness (QED) is 0.668. The van der Waals surface area contributed by atoms with Crippen molar-refractivity contribution in [1.82, 2.24) is 19.9 Å². The third-order valence-corrected chi connectivity index (χ3v) is 4.52. The molecule has 1 aliphatic rings. The summed E-state index contributed by atoms with van der Waals surface area (Å²) in [5, 5.41) is 2.77. The van der Waals surface area contributed by atoms with Crippen LogP contribution < -0.4 is 10.9 Å². The zero-order chi connectivity index (χ0) is 18.9. The van der Waals surface area contributed by atoms with Crippen molar-refractivity contribution in [3.05, 3.63) is 27.4 Å². The molecule has 1 amide bonds. The van der Waals surface area contributed by atoms with Crippen LogP contribution in [0.4, 0.5) is 4.79 Å². The number of hydrogen-bond donors (Lipinski definition) is 3. The number of aromatic amines is 2. The maximum Gasteiger partial charge on any atom is 0.407 e. The number of carbonyl (C=O) groups excluding carboxylic acids is 1.